The van der Waals surface area contributed by atoms with Crippen molar-refractivity contribution in [1.82, 2.24) is 4.90 Å². The molecule has 1 saturated carbocycles. The smallest absolute Gasteiger partial charge is 0.360 e. The summed E-state index contributed by atoms with van der Waals surface area (Å²) < 4.78 is 31.9. The molecule has 218 valence electrons. The Hall–Kier alpha value is -2.97. The SMILES string of the molecule is CN1CCC23c4c5ccc(OS(=O)OC6CCC(c7ccccc7)(c7ccccc7)CC6)c4OC2C(O)C=CC3C1C5. The zero-order chi connectivity index (χ0) is 28.5. The summed E-state index contributed by atoms with van der Waals surface area (Å²) in [6, 6.07) is 25.8. The standard InChI is InChI=1S/C35H37NO5S/c1-36-21-20-35-27-13-14-29(37)33(35)39-32-30(15-12-23(31(32)35)22-28(27)36)41-42(38)40-26-16-18-34(19-17-26,24-8-4-2-5-9-24)25-10-6-3-7-11-25/h2-15,26-29,33,37H,16-22H2,1H3. The van der Waals surface area contributed by atoms with Crippen molar-refractivity contribution in [3.05, 3.63) is 107 Å². The molecule has 3 aromatic carbocycles. The first kappa shape index (κ1) is 26.6. The Morgan fingerprint density at radius 3 is 2.31 bits per heavy atom. The van der Waals surface area contributed by atoms with Crippen molar-refractivity contribution < 1.29 is 22.4 Å². The van der Waals surface area contributed by atoms with Crippen LogP contribution in [0.4, 0.5) is 0 Å². The highest BCUT2D eigenvalue weighted by atomic mass is 32.2. The van der Waals surface area contributed by atoms with Gasteiger partial charge in [-0.2, -0.15) is 4.21 Å². The molecule has 3 aromatic rings. The number of piperidine rings is 1. The summed E-state index contributed by atoms with van der Waals surface area (Å²) in [5.41, 5.74) is 4.65. The second-order valence-corrected chi connectivity index (χ2v) is 13.6. The number of hydrogen-bond acceptors (Lipinski definition) is 6. The molecule has 2 fully saturated rings. The topological polar surface area (TPSA) is 68.2 Å². The van der Waals surface area contributed by atoms with Crippen LogP contribution in [0.15, 0.2) is 84.9 Å². The number of benzene rings is 3. The van der Waals surface area contributed by atoms with Gasteiger partial charge in [-0.25, -0.2) is 0 Å². The second-order valence-electron chi connectivity index (χ2n) is 12.8. The molecule has 0 amide bonds. The highest BCUT2D eigenvalue weighted by molar-refractivity contribution is 7.75. The van der Waals surface area contributed by atoms with Crippen LogP contribution in [0.3, 0.4) is 0 Å². The van der Waals surface area contributed by atoms with Gasteiger partial charge in [0.25, 0.3) is 0 Å². The van der Waals surface area contributed by atoms with E-state index in [4.69, 9.17) is 13.1 Å². The number of likely N-dealkylation sites (tertiary alicyclic amines) is 1. The van der Waals surface area contributed by atoms with E-state index >= 15 is 0 Å². The van der Waals surface area contributed by atoms with Crippen LogP contribution in [0.25, 0.3) is 0 Å². The third-order valence-electron chi connectivity index (χ3n) is 10.9. The van der Waals surface area contributed by atoms with Gasteiger partial charge in [-0.1, -0.05) is 78.9 Å². The molecule has 1 spiro atoms. The van der Waals surface area contributed by atoms with Gasteiger partial charge in [0.15, 0.2) is 11.5 Å². The van der Waals surface area contributed by atoms with Crippen LogP contribution < -0.4 is 8.92 Å². The summed E-state index contributed by atoms with van der Waals surface area (Å²) in [5.74, 6) is 1.35. The zero-order valence-corrected chi connectivity index (χ0v) is 24.7. The maximum absolute atomic E-state index is 13.3. The molecule has 8 rings (SSSR count). The lowest BCUT2D eigenvalue weighted by atomic mass is 9.53. The van der Waals surface area contributed by atoms with E-state index < -0.39 is 17.5 Å². The minimum atomic E-state index is -1.97. The number of likely N-dealkylation sites (N-methyl/N-ethyl adjacent to an activating group) is 1. The molecule has 3 aliphatic carbocycles. The number of ether oxygens (including phenoxy) is 1. The molecule has 6 unspecified atom stereocenters. The van der Waals surface area contributed by atoms with Gasteiger partial charge in [0.2, 0.25) is 0 Å². The van der Waals surface area contributed by atoms with Gasteiger partial charge in [0, 0.05) is 28.4 Å². The maximum Gasteiger partial charge on any atom is 0.360 e. The fraction of sp³-hybridized carbons (Fsp3) is 0.429. The van der Waals surface area contributed by atoms with E-state index in [1.165, 1.54) is 16.7 Å². The number of nitrogens with zero attached hydrogens (tertiary/aromatic N) is 1. The minimum absolute atomic E-state index is 0.0874. The van der Waals surface area contributed by atoms with Crippen LogP contribution >= 0.6 is 0 Å². The average Bonchev–Trinajstić information content (AvgIpc) is 3.38. The number of aliphatic hydroxyl groups is 1. The average molecular weight is 584 g/mol. The highest BCUT2D eigenvalue weighted by Crippen LogP contribution is 2.62. The van der Waals surface area contributed by atoms with Crippen molar-refractivity contribution in [2.24, 2.45) is 5.92 Å². The third-order valence-corrected chi connectivity index (χ3v) is 11.7. The summed E-state index contributed by atoms with van der Waals surface area (Å²) in [4.78, 5) is 2.44. The van der Waals surface area contributed by atoms with Crippen molar-refractivity contribution in [3.8, 4) is 11.5 Å². The molecule has 2 aliphatic heterocycles. The molecule has 0 radical (unpaired) electrons. The largest absolute Gasteiger partial charge is 0.482 e. The van der Waals surface area contributed by atoms with E-state index in [2.05, 4.69) is 84.8 Å². The second kappa shape index (κ2) is 10.1. The Morgan fingerprint density at radius 1 is 0.929 bits per heavy atom. The monoisotopic (exact) mass is 583 g/mol. The van der Waals surface area contributed by atoms with Gasteiger partial charge >= 0.3 is 11.4 Å². The molecule has 6 nitrogen and oxygen atoms in total. The lowest BCUT2D eigenvalue weighted by Gasteiger charge is -2.56. The molecule has 5 aliphatic rings. The van der Waals surface area contributed by atoms with Crippen LogP contribution in [-0.4, -0.2) is 52.2 Å². The van der Waals surface area contributed by atoms with Crippen LogP contribution in [0, 0.1) is 5.92 Å². The molecule has 2 bridgehead atoms. The lowest BCUT2D eigenvalue weighted by molar-refractivity contribution is -0.0452. The predicted octanol–water partition coefficient (Wildman–Crippen LogP) is 5.40. The highest BCUT2D eigenvalue weighted by Gasteiger charge is 2.64. The van der Waals surface area contributed by atoms with Crippen LogP contribution in [0.2, 0.25) is 0 Å². The van der Waals surface area contributed by atoms with Crippen LogP contribution in [0.1, 0.15) is 54.4 Å². The van der Waals surface area contributed by atoms with Crippen LogP contribution in [0.5, 0.6) is 11.5 Å². The van der Waals surface area contributed by atoms with E-state index in [0.717, 1.165) is 50.6 Å². The first-order valence-electron chi connectivity index (χ1n) is 15.3. The molecule has 6 atom stereocenters. The van der Waals surface area contributed by atoms with Crippen molar-refractivity contribution in [2.75, 3.05) is 13.6 Å². The predicted molar refractivity (Wildman–Crippen MR) is 162 cm³/mol. The number of aliphatic hydroxyl groups excluding tert-OH is 1. The summed E-state index contributed by atoms with van der Waals surface area (Å²) in [6.45, 7) is 0.954. The summed E-state index contributed by atoms with van der Waals surface area (Å²) >= 11 is -1.97. The molecule has 0 aromatic heterocycles. The molecule has 7 heteroatoms. The Kier molecular flexibility index (Phi) is 6.38. The summed E-state index contributed by atoms with van der Waals surface area (Å²) in [7, 11) is 2.19. The van der Waals surface area contributed by atoms with Gasteiger partial charge in [-0.15, -0.1) is 0 Å². The van der Waals surface area contributed by atoms with E-state index in [-0.39, 0.29) is 29.0 Å². The Morgan fingerprint density at radius 2 is 1.62 bits per heavy atom. The van der Waals surface area contributed by atoms with Crippen molar-refractivity contribution in [2.45, 2.75) is 73.7 Å². The first-order chi connectivity index (χ1) is 20.5. The third kappa shape index (κ3) is 3.90. The Bertz CT molecular complexity index is 1490. The summed E-state index contributed by atoms with van der Waals surface area (Å²) in [6.07, 6.45) is 8.10. The molecular formula is C35H37NO5S. The minimum Gasteiger partial charge on any atom is -0.482 e. The number of rotatable bonds is 6. The fourth-order valence-corrected chi connectivity index (χ4v) is 9.67. The Labute approximate surface area is 250 Å². The first-order valence-corrected chi connectivity index (χ1v) is 16.3. The lowest BCUT2D eigenvalue weighted by Crippen LogP contribution is -2.64. The fourth-order valence-electron chi connectivity index (χ4n) is 8.94. The van der Waals surface area contributed by atoms with Crippen molar-refractivity contribution in [1.29, 1.82) is 0 Å². The zero-order valence-electron chi connectivity index (χ0n) is 23.9. The van der Waals surface area contributed by atoms with Crippen molar-refractivity contribution >= 4 is 11.4 Å². The van der Waals surface area contributed by atoms with Gasteiger partial charge in [0.1, 0.15) is 12.2 Å². The summed E-state index contributed by atoms with van der Waals surface area (Å²) in [5, 5.41) is 11.0. The van der Waals surface area contributed by atoms with E-state index in [0.29, 0.717) is 17.5 Å². The van der Waals surface area contributed by atoms with Gasteiger partial charge in [-0.3, -0.25) is 4.18 Å². The maximum atomic E-state index is 13.3. The quantitative estimate of drug-likeness (QED) is 0.393. The molecule has 42 heavy (non-hydrogen) atoms. The molecule has 2 heterocycles. The van der Waals surface area contributed by atoms with Gasteiger partial charge in [-0.05, 0) is 74.9 Å². The van der Waals surface area contributed by atoms with Gasteiger partial charge < -0.3 is 18.9 Å². The number of hydrogen-bond donors (Lipinski definition) is 1. The molecular weight excluding hydrogens is 546 g/mol. The van der Waals surface area contributed by atoms with E-state index in [1.54, 1.807) is 0 Å². The Balaban J connectivity index is 1.02. The van der Waals surface area contributed by atoms with Gasteiger partial charge in [0.05, 0.1) is 6.10 Å². The van der Waals surface area contributed by atoms with Crippen LogP contribution in [-0.2, 0) is 32.8 Å². The van der Waals surface area contributed by atoms with E-state index in [1.807, 2.05) is 12.1 Å². The van der Waals surface area contributed by atoms with Crippen molar-refractivity contribution in [3.63, 3.8) is 0 Å². The van der Waals surface area contributed by atoms with E-state index in [9.17, 15) is 9.32 Å². The molecule has 1 N–H and O–H groups in total. The normalized spacial score (nSPS) is 31.7. The molecule has 1 saturated heterocycles.